The fourth-order valence-electron chi connectivity index (χ4n) is 3.84. The average Bonchev–Trinajstić information content (AvgIpc) is 3.50. The maximum atomic E-state index is 12.9. The van der Waals surface area contributed by atoms with Gasteiger partial charge in [0.05, 0.1) is 6.54 Å². The van der Waals surface area contributed by atoms with Gasteiger partial charge >= 0.3 is 0 Å². The Bertz CT molecular complexity index is 1230. The van der Waals surface area contributed by atoms with Crippen molar-refractivity contribution in [3.63, 3.8) is 0 Å². The molecule has 166 valence electrons. The highest BCUT2D eigenvalue weighted by atomic mass is 35.5. The Hall–Kier alpha value is -2.78. The highest BCUT2D eigenvalue weighted by molar-refractivity contribution is 7.22. The molecular weight excluding hydrogens is 450 g/mol. The average molecular weight is 472 g/mol. The van der Waals surface area contributed by atoms with E-state index in [1.165, 1.54) is 22.2 Å². The van der Waals surface area contributed by atoms with Crippen LogP contribution in [-0.4, -0.2) is 45.4 Å². The minimum atomic E-state index is -0.278. The first-order chi connectivity index (χ1) is 15.5. The van der Waals surface area contributed by atoms with Crippen LogP contribution in [0.4, 0.5) is 5.13 Å². The third kappa shape index (κ3) is 4.40. The lowest BCUT2D eigenvalue weighted by atomic mass is 9.96. The van der Waals surface area contributed by atoms with Gasteiger partial charge in [0, 0.05) is 35.6 Å². The Morgan fingerprint density at radius 1 is 1.12 bits per heavy atom. The number of amides is 1. The lowest BCUT2D eigenvalue weighted by molar-refractivity contribution is -0.125. The van der Waals surface area contributed by atoms with Crippen LogP contribution in [0.1, 0.15) is 36.0 Å². The van der Waals surface area contributed by atoms with Gasteiger partial charge in [0.1, 0.15) is 11.0 Å². The first-order valence-electron chi connectivity index (χ1n) is 10.7. The molecule has 1 saturated heterocycles. The van der Waals surface area contributed by atoms with Crippen molar-refractivity contribution in [2.24, 2.45) is 5.92 Å². The van der Waals surface area contributed by atoms with E-state index in [9.17, 15) is 14.4 Å². The summed E-state index contributed by atoms with van der Waals surface area (Å²) in [4.78, 5) is 48.7. The zero-order valence-electron chi connectivity index (χ0n) is 17.3. The van der Waals surface area contributed by atoms with Crippen molar-refractivity contribution >= 4 is 50.1 Å². The number of Topliss-reactive ketones (excluding diaryl/α,β-unsaturated/α-hetero) is 1. The van der Waals surface area contributed by atoms with Gasteiger partial charge in [-0.1, -0.05) is 22.9 Å². The molecule has 2 fully saturated rings. The van der Waals surface area contributed by atoms with E-state index in [0.717, 1.165) is 30.8 Å². The quantitative estimate of drug-likeness (QED) is 0.555. The molecule has 32 heavy (non-hydrogen) atoms. The minimum Gasteiger partial charge on any atom is -0.353 e. The van der Waals surface area contributed by atoms with E-state index in [-0.39, 0.29) is 29.7 Å². The zero-order valence-corrected chi connectivity index (χ0v) is 18.9. The molecule has 0 radical (unpaired) electrons. The van der Waals surface area contributed by atoms with Crippen LogP contribution < -0.4 is 15.8 Å². The summed E-state index contributed by atoms with van der Waals surface area (Å²) in [6.07, 6.45) is 5.08. The number of hydrogen-bond acceptors (Lipinski definition) is 7. The minimum absolute atomic E-state index is 0.0375. The van der Waals surface area contributed by atoms with Crippen LogP contribution in [0, 0.1) is 5.92 Å². The van der Waals surface area contributed by atoms with Gasteiger partial charge in [-0.2, -0.15) is 4.98 Å². The highest BCUT2D eigenvalue weighted by Gasteiger charge is 2.30. The zero-order chi connectivity index (χ0) is 22.2. The second kappa shape index (κ2) is 8.63. The largest absolute Gasteiger partial charge is 0.353 e. The van der Waals surface area contributed by atoms with Gasteiger partial charge in [0.15, 0.2) is 16.6 Å². The number of rotatable bonds is 6. The molecule has 1 aliphatic carbocycles. The summed E-state index contributed by atoms with van der Waals surface area (Å²) in [5.74, 6) is 0.00280. The molecule has 0 atom stereocenters. The molecule has 3 aromatic rings. The Kier molecular flexibility index (Phi) is 5.69. The number of fused-ring (bicyclic) bond motifs is 1. The third-order valence-electron chi connectivity index (χ3n) is 5.91. The van der Waals surface area contributed by atoms with E-state index in [1.807, 2.05) is 0 Å². The number of nitrogens with zero attached hydrogens (tertiary/aromatic N) is 4. The van der Waals surface area contributed by atoms with E-state index in [1.54, 1.807) is 24.3 Å². The second-order valence-electron chi connectivity index (χ2n) is 8.30. The molecule has 1 aromatic carbocycles. The Labute approximate surface area is 193 Å². The van der Waals surface area contributed by atoms with E-state index in [2.05, 4.69) is 20.2 Å². The van der Waals surface area contributed by atoms with Crippen molar-refractivity contribution in [2.75, 3.05) is 18.0 Å². The van der Waals surface area contributed by atoms with Crippen molar-refractivity contribution in [2.45, 2.75) is 38.3 Å². The van der Waals surface area contributed by atoms with Gasteiger partial charge in [-0.05, 0) is 49.9 Å². The SMILES string of the molecule is O=C(Cn1cnc2nc(N3CCC(C(=O)NC4CC4)CC3)sc2c1=O)c1ccc(Cl)cc1. The maximum Gasteiger partial charge on any atom is 0.273 e. The number of carbonyl (C=O) groups is 2. The number of thiazole rings is 1. The normalized spacial score (nSPS) is 17.0. The fraction of sp³-hybridized carbons (Fsp3) is 0.409. The number of piperidine rings is 1. The Morgan fingerprint density at radius 2 is 1.84 bits per heavy atom. The van der Waals surface area contributed by atoms with Gasteiger partial charge in [-0.15, -0.1) is 0 Å². The van der Waals surface area contributed by atoms with Crippen LogP contribution in [0.5, 0.6) is 0 Å². The molecule has 10 heteroatoms. The summed E-state index contributed by atoms with van der Waals surface area (Å²) >= 11 is 7.16. The number of benzene rings is 1. The number of anilines is 1. The molecule has 0 spiro atoms. The molecule has 8 nitrogen and oxygen atoms in total. The molecule has 0 unspecified atom stereocenters. The van der Waals surface area contributed by atoms with Crippen LogP contribution in [0.15, 0.2) is 35.4 Å². The molecule has 1 N–H and O–H groups in total. The summed E-state index contributed by atoms with van der Waals surface area (Å²) in [6.45, 7) is 1.33. The van der Waals surface area contributed by atoms with Crippen molar-refractivity contribution in [1.29, 1.82) is 0 Å². The first kappa shape index (κ1) is 21.1. The number of nitrogens with one attached hydrogen (secondary N) is 1. The molecular formula is C22H22ClN5O3S. The smallest absolute Gasteiger partial charge is 0.273 e. The number of ketones is 1. The van der Waals surface area contributed by atoms with Crippen molar-refractivity contribution in [1.82, 2.24) is 19.9 Å². The fourth-order valence-corrected chi connectivity index (χ4v) is 4.99. The van der Waals surface area contributed by atoms with Crippen LogP contribution in [0.25, 0.3) is 10.3 Å². The molecule has 0 bridgehead atoms. The van der Waals surface area contributed by atoms with Gasteiger partial charge in [0.25, 0.3) is 5.56 Å². The lowest BCUT2D eigenvalue weighted by Crippen LogP contribution is -2.41. The van der Waals surface area contributed by atoms with Crippen LogP contribution >= 0.6 is 22.9 Å². The third-order valence-corrected chi connectivity index (χ3v) is 7.26. The predicted octanol–water partition coefficient (Wildman–Crippen LogP) is 2.88. The van der Waals surface area contributed by atoms with E-state index in [0.29, 0.717) is 40.1 Å². The maximum absolute atomic E-state index is 12.9. The molecule has 5 rings (SSSR count). The second-order valence-corrected chi connectivity index (χ2v) is 9.72. The number of halogens is 1. The Balaban J connectivity index is 1.29. The summed E-state index contributed by atoms with van der Waals surface area (Å²) in [7, 11) is 0. The molecule has 3 heterocycles. The topological polar surface area (TPSA) is 97.2 Å². The predicted molar refractivity (Wildman–Crippen MR) is 124 cm³/mol. The van der Waals surface area contributed by atoms with Crippen LogP contribution in [0.2, 0.25) is 5.02 Å². The van der Waals surface area contributed by atoms with E-state index in [4.69, 9.17) is 11.6 Å². The summed E-state index contributed by atoms with van der Waals surface area (Å²) in [5.41, 5.74) is 0.596. The molecule has 1 amide bonds. The Morgan fingerprint density at radius 3 is 2.53 bits per heavy atom. The standard InChI is InChI=1S/C22H22ClN5O3S/c23-15-3-1-13(2-4-15)17(29)11-28-12-24-19-18(21(28)31)32-22(26-19)27-9-7-14(8-10-27)20(30)25-16-5-6-16/h1-4,12,14,16H,5-11H2,(H,25,30). The van der Waals surface area contributed by atoms with Crippen molar-refractivity contribution in [3.05, 3.63) is 51.5 Å². The lowest BCUT2D eigenvalue weighted by Gasteiger charge is -2.30. The van der Waals surface area contributed by atoms with Gasteiger partial charge in [-0.25, -0.2) is 4.98 Å². The van der Waals surface area contributed by atoms with Crippen molar-refractivity contribution in [3.8, 4) is 0 Å². The monoisotopic (exact) mass is 471 g/mol. The van der Waals surface area contributed by atoms with E-state index < -0.39 is 0 Å². The molecule has 1 saturated carbocycles. The van der Waals surface area contributed by atoms with Gasteiger partial charge in [-0.3, -0.25) is 19.0 Å². The van der Waals surface area contributed by atoms with Gasteiger partial charge in [0.2, 0.25) is 5.91 Å². The summed E-state index contributed by atoms with van der Waals surface area (Å²) in [5, 5.41) is 4.36. The van der Waals surface area contributed by atoms with Crippen LogP contribution in [0.3, 0.4) is 0 Å². The molecule has 2 aliphatic rings. The van der Waals surface area contributed by atoms with Crippen molar-refractivity contribution < 1.29 is 9.59 Å². The molecule has 2 aromatic heterocycles. The highest BCUT2D eigenvalue weighted by Crippen LogP contribution is 2.30. The first-order valence-corrected chi connectivity index (χ1v) is 11.9. The van der Waals surface area contributed by atoms with Crippen LogP contribution in [-0.2, 0) is 11.3 Å². The number of carbonyl (C=O) groups excluding carboxylic acids is 2. The number of aromatic nitrogens is 3. The molecule has 1 aliphatic heterocycles. The summed E-state index contributed by atoms with van der Waals surface area (Å²) in [6, 6.07) is 6.95. The summed E-state index contributed by atoms with van der Waals surface area (Å²) < 4.78 is 1.75. The van der Waals surface area contributed by atoms with E-state index >= 15 is 0 Å². The van der Waals surface area contributed by atoms with Gasteiger partial charge < -0.3 is 10.2 Å². The number of hydrogen-bond donors (Lipinski definition) is 1.